The Morgan fingerprint density at radius 1 is 0.627 bits per heavy atom. The second kappa shape index (κ2) is 15.0. The zero-order chi connectivity index (χ0) is 38.3. The molecule has 2 atom stereocenters. The summed E-state index contributed by atoms with van der Waals surface area (Å²) in [5, 5.41) is 9.97. The van der Waals surface area contributed by atoms with Gasteiger partial charge in [0.15, 0.2) is 0 Å². The van der Waals surface area contributed by atoms with Gasteiger partial charge in [-0.1, -0.05) is 69.2 Å². The predicted molar refractivity (Wildman–Crippen MR) is 210 cm³/mol. The van der Waals surface area contributed by atoms with Gasteiger partial charge in [-0.15, -0.1) is 0 Å². The molecular weight excluding hydrogens is 633 g/mol. The van der Waals surface area contributed by atoms with Crippen molar-refractivity contribution < 1.29 is 24.2 Å². The predicted octanol–water partition coefficient (Wildman–Crippen LogP) is 12.7. The van der Waals surface area contributed by atoms with Crippen LogP contribution in [0.1, 0.15) is 180 Å². The Balaban J connectivity index is 1.90. The molecule has 1 aromatic carbocycles. The van der Waals surface area contributed by atoms with Gasteiger partial charge in [0.05, 0.1) is 10.8 Å². The molecule has 51 heavy (non-hydrogen) atoms. The third-order valence-electron chi connectivity index (χ3n) is 18.0. The van der Waals surface area contributed by atoms with Gasteiger partial charge < -0.3 is 14.6 Å². The van der Waals surface area contributed by atoms with Crippen LogP contribution in [0.2, 0.25) is 0 Å². The van der Waals surface area contributed by atoms with E-state index in [9.17, 15) is 5.11 Å². The molecule has 0 aliphatic heterocycles. The van der Waals surface area contributed by atoms with Crippen LogP contribution in [0.15, 0.2) is 24.3 Å². The van der Waals surface area contributed by atoms with Crippen LogP contribution in [0.4, 0.5) is 0 Å². The lowest BCUT2D eigenvalue weighted by atomic mass is 9.40. The molecule has 0 heterocycles. The molecule has 4 bridgehead atoms. The van der Waals surface area contributed by atoms with Gasteiger partial charge in [-0.2, -0.15) is 0 Å². The third-order valence-corrected chi connectivity index (χ3v) is 18.0. The van der Waals surface area contributed by atoms with Crippen molar-refractivity contribution in [3.05, 3.63) is 24.3 Å². The van der Waals surface area contributed by atoms with Crippen molar-refractivity contribution in [3.8, 4) is 11.5 Å². The summed E-state index contributed by atoms with van der Waals surface area (Å²) in [6.45, 7) is 29.3. The standard InChI is InChI=1S/C46H76O5/c1-14-40(9,15-2)43(12,38(48)50-37-24-22-36(47)23-25-37)45(18-5,19-6)31-46(20-7,21-8)44(13,41(10,16-3)17-4)39(49)51-42(11)34-27-32-26-33(29-34)30-35(42)28-32/h22-25,32-35,47H,14-21,26-31H2,1-13H3. The van der Waals surface area contributed by atoms with Crippen LogP contribution >= 0.6 is 0 Å². The lowest BCUT2D eigenvalue weighted by molar-refractivity contribution is -0.234. The summed E-state index contributed by atoms with van der Waals surface area (Å²) in [6.07, 6.45) is 13.5. The Morgan fingerprint density at radius 2 is 1.00 bits per heavy atom. The quantitative estimate of drug-likeness (QED) is 0.121. The van der Waals surface area contributed by atoms with Gasteiger partial charge in [0, 0.05) is 0 Å². The number of ether oxygens (including phenoxy) is 2. The normalized spacial score (nSPS) is 27.5. The maximum Gasteiger partial charge on any atom is 0.318 e. The number of benzene rings is 1. The fourth-order valence-electron chi connectivity index (χ4n) is 12.8. The molecule has 1 aromatic rings. The smallest absolute Gasteiger partial charge is 0.318 e. The van der Waals surface area contributed by atoms with Crippen molar-refractivity contribution in [1.29, 1.82) is 0 Å². The highest BCUT2D eigenvalue weighted by molar-refractivity contribution is 5.82. The fourth-order valence-corrected chi connectivity index (χ4v) is 12.8. The number of rotatable bonds is 18. The summed E-state index contributed by atoms with van der Waals surface area (Å²) >= 11 is 0. The Hall–Kier alpha value is -2.04. The van der Waals surface area contributed by atoms with Gasteiger partial charge in [0.2, 0.25) is 0 Å². The first-order chi connectivity index (χ1) is 23.9. The van der Waals surface area contributed by atoms with Gasteiger partial charge >= 0.3 is 11.9 Å². The number of carbonyl (C=O) groups is 2. The number of phenolic OH excluding ortho intramolecular Hbond substituents is 1. The number of hydrogen-bond donors (Lipinski definition) is 1. The van der Waals surface area contributed by atoms with E-state index in [1.54, 1.807) is 24.3 Å². The van der Waals surface area contributed by atoms with Gasteiger partial charge in [-0.05, 0) is 180 Å². The van der Waals surface area contributed by atoms with Gasteiger partial charge in [0.25, 0.3) is 0 Å². The summed E-state index contributed by atoms with van der Waals surface area (Å²) in [7, 11) is 0. The van der Waals surface area contributed by atoms with Crippen LogP contribution < -0.4 is 4.74 Å². The first-order valence-electron chi connectivity index (χ1n) is 21.1. The summed E-state index contributed by atoms with van der Waals surface area (Å²) < 4.78 is 13.5. The van der Waals surface area contributed by atoms with Crippen LogP contribution in [0.3, 0.4) is 0 Å². The maximum atomic E-state index is 15.7. The molecule has 0 aromatic heterocycles. The van der Waals surface area contributed by atoms with Gasteiger partial charge in [-0.3, -0.25) is 9.59 Å². The van der Waals surface area contributed by atoms with Crippen molar-refractivity contribution in [3.63, 3.8) is 0 Å². The number of carbonyl (C=O) groups excluding carboxylic acids is 2. The number of aromatic hydroxyl groups is 1. The molecule has 5 rings (SSSR count). The molecule has 5 nitrogen and oxygen atoms in total. The minimum absolute atomic E-state index is 0.00408. The summed E-state index contributed by atoms with van der Waals surface area (Å²) in [4.78, 5) is 30.8. The molecule has 0 spiro atoms. The van der Waals surface area contributed by atoms with Crippen molar-refractivity contribution >= 4 is 11.9 Å². The van der Waals surface area contributed by atoms with E-state index in [0.29, 0.717) is 17.6 Å². The van der Waals surface area contributed by atoms with Crippen LogP contribution in [0, 0.1) is 56.2 Å². The van der Waals surface area contributed by atoms with Crippen LogP contribution in [-0.2, 0) is 14.3 Å². The Bertz CT molecular complexity index is 1320. The van der Waals surface area contributed by atoms with E-state index in [2.05, 4.69) is 90.0 Å². The highest BCUT2D eigenvalue weighted by atomic mass is 16.6. The van der Waals surface area contributed by atoms with Crippen LogP contribution in [0.25, 0.3) is 0 Å². The second-order valence-electron chi connectivity index (χ2n) is 18.7. The molecule has 0 radical (unpaired) electrons. The van der Waals surface area contributed by atoms with E-state index in [-0.39, 0.29) is 28.5 Å². The van der Waals surface area contributed by atoms with Crippen molar-refractivity contribution in [2.45, 2.75) is 186 Å². The largest absolute Gasteiger partial charge is 0.508 e. The van der Waals surface area contributed by atoms with Crippen molar-refractivity contribution in [2.75, 3.05) is 0 Å². The number of phenols is 1. The first kappa shape index (κ1) is 41.7. The Labute approximate surface area is 312 Å². The molecule has 4 fully saturated rings. The SMILES string of the molecule is CCC(C)(CC)C(C)(C(=O)Oc1ccc(O)cc1)C(CC)(CC)CC(CC)(CC)C(C)(C(=O)OC1(C)C2CC3CC(C2)CC1C3)C(C)(CC)CC. The summed E-state index contributed by atoms with van der Waals surface area (Å²) in [5.74, 6) is 2.86. The lowest BCUT2D eigenvalue weighted by Crippen LogP contribution is -2.64. The van der Waals surface area contributed by atoms with E-state index in [1.165, 1.54) is 32.1 Å². The molecule has 2 unspecified atom stereocenters. The highest BCUT2D eigenvalue weighted by Gasteiger charge is 2.68. The van der Waals surface area contributed by atoms with E-state index in [1.807, 2.05) is 0 Å². The number of hydrogen-bond acceptors (Lipinski definition) is 5. The molecule has 4 aliphatic carbocycles. The zero-order valence-corrected chi connectivity index (χ0v) is 35.1. The van der Waals surface area contributed by atoms with E-state index >= 15 is 9.59 Å². The maximum absolute atomic E-state index is 15.7. The molecule has 5 heteroatoms. The molecular formula is C46H76O5. The topological polar surface area (TPSA) is 72.8 Å². The van der Waals surface area contributed by atoms with E-state index in [4.69, 9.17) is 9.47 Å². The molecule has 290 valence electrons. The van der Waals surface area contributed by atoms with E-state index in [0.717, 1.165) is 69.6 Å². The monoisotopic (exact) mass is 709 g/mol. The molecule has 1 N–H and O–H groups in total. The Morgan fingerprint density at radius 3 is 1.35 bits per heavy atom. The second-order valence-corrected chi connectivity index (χ2v) is 18.7. The average molecular weight is 709 g/mol. The summed E-state index contributed by atoms with van der Waals surface area (Å²) in [6, 6.07) is 6.50. The van der Waals surface area contributed by atoms with Crippen LogP contribution in [-0.4, -0.2) is 22.6 Å². The highest BCUT2D eigenvalue weighted by Crippen LogP contribution is 2.69. The minimum atomic E-state index is -0.881. The molecule has 4 saturated carbocycles. The minimum Gasteiger partial charge on any atom is -0.508 e. The molecule has 0 saturated heterocycles. The number of esters is 2. The molecule has 4 aliphatic rings. The van der Waals surface area contributed by atoms with Crippen LogP contribution in [0.5, 0.6) is 11.5 Å². The fraction of sp³-hybridized carbons (Fsp3) is 0.826. The van der Waals surface area contributed by atoms with Crippen molar-refractivity contribution in [1.82, 2.24) is 0 Å². The molecule has 0 amide bonds. The summed E-state index contributed by atoms with van der Waals surface area (Å²) in [5.41, 5.74) is -3.70. The average Bonchev–Trinajstić information content (AvgIpc) is 3.13. The first-order valence-corrected chi connectivity index (χ1v) is 21.1. The third kappa shape index (κ3) is 6.29. The lowest BCUT2D eigenvalue weighted by Gasteiger charge is -2.64. The zero-order valence-electron chi connectivity index (χ0n) is 35.1. The van der Waals surface area contributed by atoms with Crippen molar-refractivity contribution in [2.24, 2.45) is 56.2 Å². The van der Waals surface area contributed by atoms with E-state index < -0.39 is 27.3 Å². The van der Waals surface area contributed by atoms with Gasteiger partial charge in [-0.25, -0.2) is 0 Å². The van der Waals surface area contributed by atoms with Gasteiger partial charge in [0.1, 0.15) is 17.1 Å². The Kier molecular flexibility index (Phi) is 12.3.